The van der Waals surface area contributed by atoms with Gasteiger partial charge in [-0.25, -0.2) is 14.3 Å². The average molecular weight is 440 g/mol. The summed E-state index contributed by atoms with van der Waals surface area (Å²) in [5, 5.41) is 0. The van der Waals surface area contributed by atoms with E-state index in [-0.39, 0.29) is 18.5 Å². The summed E-state index contributed by atoms with van der Waals surface area (Å²) in [5.74, 6) is -0.300. The number of amides is 1. The van der Waals surface area contributed by atoms with Crippen LogP contribution < -0.4 is 16.1 Å². The van der Waals surface area contributed by atoms with E-state index in [4.69, 9.17) is 0 Å². The zero-order valence-corrected chi connectivity index (χ0v) is 19.5. The summed E-state index contributed by atoms with van der Waals surface area (Å²) in [5.41, 5.74) is 0.578. The first-order valence-electron chi connectivity index (χ1n) is 11.5. The molecule has 3 aromatic rings. The highest BCUT2D eigenvalue weighted by Gasteiger charge is 2.24. The van der Waals surface area contributed by atoms with Gasteiger partial charge in [-0.05, 0) is 38.8 Å². The average Bonchev–Trinajstić information content (AvgIpc) is 3.19. The van der Waals surface area contributed by atoms with E-state index in [9.17, 15) is 14.4 Å². The fourth-order valence-electron chi connectivity index (χ4n) is 3.92. The number of carbonyl (C=O) groups is 1. The highest BCUT2D eigenvalue weighted by atomic mass is 16.2. The van der Waals surface area contributed by atoms with Crippen molar-refractivity contribution in [1.29, 1.82) is 0 Å². The van der Waals surface area contributed by atoms with Crippen molar-refractivity contribution >= 4 is 22.8 Å². The first-order valence-corrected chi connectivity index (χ1v) is 11.5. The molecule has 0 bridgehead atoms. The number of fused-ring (bicyclic) bond motifs is 1. The molecule has 1 amide bonds. The van der Waals surface area contributed by atoms with E-state index in [1.807, 2.05) is 51.1 Å². The number of hydrogen-bond donors (Lipinski definition) is 0. The molecule has 172 valence electrons. The van der Waals surface area contributed by atoms with Crippen LogP contribution in [0.25, 0.3) is 11.2 Å². The van der Waals surface area contributed by atoms with Gasteiger partial charge in [-0.15, -0.1) is 0 Å². The van der Waals surface area contributed by atoms with Gasteiger partial charge in [-0.3, -0.25) is 14.2 Å². The molecule has 32 heavy (non-hydrogen) atoms. The summed E-state index contributed by atoms with van der Waals surface area (Å²) in [7, 11) is 0. The molecule has 0 N–H and O–H groups in total. The number of unbranched alkanes of at least 4 members (excludes halogenated alkanes) is 2. The quantitative estimate of drug-likeness (QED) is 0.485. The number of benzene rings is 1. The molecule has 0 aliphatic heterocycles. The first-order chi connectivity index (χ1) is 15.4. The van der Waals surface area contributed by atoms with Gasteiger partial charge < -0.3 is 9.47 Å². The van der Waals surface area contributed by atoms with Gasteiger partial charge in [0.25, 0.3) is 5.56 Å². The minimum Gasteiger partial charge on any atom is -0.325 e. The Labute approximate surface area is 188 Å². The topological polar surface area (TPSA) is 82.1 Å². The second kappa shape index (κ2) is 10.4. The second-order valence-electron chi connectivity index (χ2n) is 8.34. The maximum atomic E-state index is 13.4. The third-order valence-corrected chi connectivity index (χ3v) is 5.58. The molecule has 2 aromatic heterocycles. The molecule has 0 radical (unpaired) electrons. The van der Waals surface area contributed by atoms with Crippen molar-refractivity contribution in [1.82, 2.24) is 18.7 Å². The third-order valence-electron chi connectivity index (χ3n) is 5.58. The lowest BCUT2D eigenvalue weighted by Gasteiger charge is -2.27. The van der Waals surface area contributed by atoms with Crippen molar-refractivity contribution in [2.24, 2.45) is 0 Å². The van der Waals surface area contributed by atoms with E-state index in [2.05, 4.69) is 11.9 Å². The minimum atomic E-state index is -0.484. The molecule has 0 saturated heterocycles. The SMILES string of the molecule is CCCCn1cnc2c1c(=O)n(CC(=O)N(c1ccccc1)C(C)C)c(=O)n2CCCC. The standard InChI is InChI=1S/C24H33N5O3/c1-5-7-14-26-17-25-22-21(26)23(31)28(24(32)27(22)15-8-6-2)16-20(30)29(18(3)4)19-12-10-9-11-13-19/h9-13,17-18H,5-8,14-16H2,1-4H3. The van der Waals surface area contributed by atoms with Crippen molar-refractivity contribution in [3.05, 3.63) is 57.5 Å². The van der Waals surface area contributed by atoms with Crippen LogP contribution in [-0.2, 0) is 24.4 Å². The van der Waals surface area contributed by atoms with Gasteiger partial charge in [0.2, 0.25) is 5.91 Å². The lowest BCUT2D eigenvalue weighted by atomic mass is 10.2. The van der Waals surface area contributed by atoms with Crippen molar-refractivity contribution in [2.75, 3.05) is 4.90 Å². The zero-order valence-electron chi connectivity index (χ0n) is 19.5. The largest absolute Gasteiger partial charge is 0.333 e. The molecule has 0 aliphatic carbocycles. The molecule has 8 heteroatoms. The fraction of sp³-hybridized carbons (Fsp3) is 0.500. The smallest absolute Gasteiger partial charge is 0.325 e. The Hall–Kier alpha value is -3.16. The van der Waals surface area contributed by atoms with E-state index >= 15 is 0 Å². The number of anilines is 1. The number of aromatic nitrogens is 4. The van der Waals surface area contributed by atoms with Gasteiger partial charge in [0, 0.05) is 24.8 Å². The molecule has 0 aliphatic rings. The van der Waals surface area contributed by atoms with Crippen LogP contribution in [0, 0.1) is 0 Å². The van der Waals surface area contributed by atoms with Crippen LogP contribution in [0.15, 0.2) is 46.2 Å². The highest BCUT2D eigenvalue weighted by molar-refractivity contribution is 5.93. The summed E-state index contributed by atoms with van der Waals surface area (Å²) in [4.78, 5) is 46.0. The summed E-state index contributed by atoms with van der Waals surface area (Å²) in [6.07, 6.45) is 5.18. The molecule has 0 fully saturated rings. The molecular weight excluding hydrogens is 406 g/mol. The van der Waals surface area contributed by atoms with Gasteiger partial charge in [0.15, 0.2) is 11.2 Å². The van der Waals surface area contributed by atoms with Crippen molar-refractivity contribution in [3.8, 4) is 0 Å². The monoisotopic (exact) mass is 439 g/mol. The Kier molecular flexibility index (Phi) is 7.66. The first kappa shape index (κ1) is 23.5. The Balaban J connectivity index is 2.11. The summed E-state index contributed by atoms with van der Waals surface area (Å²) in [6, 6.07) is 9.18. The van der Waals surface area contributed by atoms with Crippen LogP contribution in [0.4, 0.5) is 5.69 Å². The number of hydrogen-bond acceptors (Lipinski definition) is 4. The predicted octanol–water partition coefficient (Wildman–Crippen LogP) is 3.40. The number of nitrogens with zero attached hydrogens (tertiary/aromatic N) is 5. The number of carbonyl (C=O) groups excluding carboxylic acids is 1. The van der Waals surface area contributed by atoms with Crippen molar-refractivity contribution in [2.45, 2.75) is 79.1 Å². The fourth-order valence-corrected chi connectivity index (χ4v) is 3.92. The summed E-state index contributed by atoms with van der Waals surface area (Å²) >= 11 is 0. The van der Waals surface area contributed by atoms with Crippen LogP contribution in [0.3, 0.4) is 0 Å². The Morgan fingerprint density at radius 3 is 2.28 bits per heavy atom. The molecule has 1 aromatic carbocycles. The maximum Gasteiger partial charge on any atom is 0.333 e. The Morgan fingerprint density at radius 2 is 1.66 bits per heavy atom. The molecule has 0 unspecified atom stereocenters. The van der Waals surface area contributed by atoms with Gasteiger partial charge in [0.05, 0.1) is 6.33 Å². The number of imidazole rings is 1. The summed E-state index contributed by atoms with van der Waals surface area (Å²) in [6.45, 7) is 8.74. The van der Waals surface area contributed by atoms with Crippen molar-refractivity contribution < 1.29 is 4.79 Å². The Morgan fingerprint density at radius 1 is 1.00 bits per heavy atom. The molecule has 0 saturated carbocycles. The maximum absolute atomic E-state index is 13.4. The minimum absolute atomic E-state index is 0.123. The van der Waals surface area contributed by atoms with E-state index in [1.165, 1.54) is 4.57 Å². The number of rotatable bonds is 10. The van der Waals surface area contributed by atoms with E-state index in [0.717, 1.165) is 35.9 Å². The molecule has 8 nitrogen and oxygen atoms in total. The van der Waals surface area contributed by atoms with Crippen LogP contribution in [0.1, 0.15) is 53.4 Å². The van der Waals surface area contributed by atoms with Crippen LogP contribution in [-0.4, -0.2) is 30.6 Å². The molecule has 3 rings (SSSR count). The van der Waals surface area contributed by atoms with Gasteiger partial charge >= 0.3 is 5.69 Å². The molecule has 0 spiro atoms. The second-order valence-corrected chi connectivity index (χ2v) is 8.34. The highest BCUT2D eigenvalue weighted by Crippen LogP contribution is 2.17. The molecular formula is C24H33N5O3. The predicted molar refractivity (Wildman–Crippen MR) is 127 cm³/mol. The molecule has 0 atom stereocenters. The van der Waals surface area contributed by atoms with Crippen LogP contribution >= 0.6 is 0 Å². The Bertz CT molecular complexity index is 1170. The van der Waals surface area contributed by atoms with Gasteiger partial charge in [-0.2, -0.15) is 0 Å². The normalized spacial score (nSPS) is 11.4. The summed E-state index contributed by atoms with van der Waals surface area (Å²) < 4.78 is 4.42. The zero-order chi connectivity index (χ0) is 23.3. The van der Waals surface area contributed by atoms with Gasteiger partial charge in [0.1, 0.15) is 6.54 Å². The van der Waals surface area contributed by atoms with Crippen molar-refractivity contribution in [3.63, 3.8) is 0 Å². The van der Waals surface area contributed by atoms with E-state index in [1.54, 1.807) is 15.8 Å². The lowest BCUT2D eigenvalue weighted by molar-refractivity contribution is -0.119. The van der Waals surface area contributed by atoms with Crippen LogP contribution in [0.5, 0.6) is 0 Å². The van der Waals surface area contributed by atoms with E-state index in [0.29, 0.717) is 24.3 Å². The van der Waals surface area contributed by atoms with Gasteiger partial charge in [-0.1, -0.05) is 44.9 Å². The molecule has 2 heterocycles. The number of para-hydroxylation sites is 1. The van der Waals surface area contributed by atoms with E-state index < -0.39 is 11.2 Å². The van der Waals surface area contributed by atoms with Crippen LogP contribution in [0.2, 0.25) is 0 Å². The number of aryl methyl sites for hydroxylation is 2. The lowest BCUT2D eigenvalue weighted by Crippen LogP contribution is -2.47. The third kappa shape index (κ3) is 4.69.